The Morgan fingerprint density at radius 2 is 1.88 bits per heavy atom. The molecular formula is C18H19N3O3S2. The maximum atomic E-state index is 12.1. The Bertz CT molecular complexity index is 1040. The molecule has 2 N–H and O–H groups in total. The lowest BCUT2D eigenvalue weighted by atomic mass is 10.1. The highest BCUT2D eigenvalue weighted by atomic mass is 32.2. The summed E-state index contributed by atoms with van der Waals surface area (Å²) in [7, 11) is -3.60. The summed E-state index contributed by atoms with van der Waals surface area (Å²) in [4.78, 5) is 16.7. The molecule has 0 fully saturated rings. The highest BCUT2D eigenvalue weighted by Gasteiger charge is 2.14. The van der Waals surface area contributed by atoms with E-state index in [-0.39, 0.29) is 23.8 Å². The molecule has 2 aromatic carbocycles. The van der Waals surface area contributed by atoms with Gasteiger partial charge in [0.25, 0.3) is 0 Å². The largest absolute Gasteiger partial charge is 0.302 e. The number of fused-ring (bicyclic) bond motifs is 1. The number of hydrogen-bond donors (Lipinski definition) is 2. The number of aromatic nitrogens is 1. The van der Waals surface area contributed by atoms with Crippen LogP contribution in [0.1, 0.15) is 17.5 Å². The summed E-state index contributed by atoms with van der Waals surface area (Å²) in [5, 5.41) is 3.26. The summed E-state index contributed by atoms with van der Waals surface area (Å²) in [6.07, 6.45) is 0.0278. The van der Waals surface area contributed by atoms with Crippen LogP contribution in [0.3, 0.4) is 0 Å². The van der Waals surface area contributed by atoms with E-state index in [0.717, 1.165) is 21.3 Å². The molecule has 0 saturated carbocycles. The summed E-state index contributed by atoms with van der Waals surface area (Å²) in [6, 6.07) is 12.1. The molecule has 8 heteroatoms. The summed E-state index contributed by atoms with van der Waals surface area (Å²) >= 11 is 1.41. The van der Waals surface area contributed by atoms with Gasteiger partial charge in [-0.3, -0.25) is 4.79 Å². The van der Waals surface area contributed by atoms with Crippen LogP contribution in [0.25, 0.3) is 10.2 Å². The molecule has 1 aromatic heterocycles. The van der Waals surface area contributed by atoms with Gasteiger partial charge in [0.2, 0.25) is 15.9 Å². The third-order valence-corrected chi connectivity index (χ3v) is 6.17. The fourth-order valence-electron chi connectivity index (χ4n) is 2.59. The quantitative estimate of drug-likeness (QED) is 0.677. The number of aryl methyl sites for hydroxylation is 2. The van der Waals surface area contributed by atoms with E-state index in [2.05, 4.69) is 15.0 Å². The van der Waals surface area contributed by atoms with Crippen molar-refractivity contribution in [1.29, 1.82) is 0 Å². The Kier molecular flexibility index (Phi) is 5.36. The summed E-state index contributed by atoms with van der Waals surface area (Å²) in [5.41, 5.74) is 3.08. The Hall–Kier alpha value is -2.29. The van der Waals surface area contributed by atoms with E-state index in [9.17, 15) is 13.2 Å². The number of nitrogens with one attached hydrogen (secondary N) is 2. The summed E-state index contributed by atoms with van der Waals surface area (Å²) in [5.74, 6) is -0.283. The van der Waals surface area contributed by atoms with Crippen molar-refractivity contribution in [2.75, 3.05) is 11.9 Å². The number of thiazole rings is 1. The van der Waals surface area contributed by atoms with Gasteiger partial charge in [0, 0.05) is 13.0 Å². The van der Waals surface area contributed by atoms with Crippen LogP contribution in [0.4, 0.5) is 5.13 Å². The average Bonchev–Trinajstić information content (AvgIpc) is 2.98. The van der Waals surface area contributed by atoms with Crippen LogP contribution in [0, 0.1) is 13.8 Å². The van der Waals surface area contributed by atoms with Crippen molar-refractivity contribution in [3.8, 4) is 0 Å². The predicted octanol–water partition coefficient (Wildman–Crippen LogP) is 3.22. The van der Waals surface area contributed by atoms with Crippen LogP contribution in [-0.4, -0.2) is 25.9 Å². The van der Waals surface area contributed by atoms with Crippen LogP contribution in [0.5, 0.6) is 0 Å². The molecule has 0 aliphatic heterocycles. The van der Waals surface area contributed by atoms with E-state index in [1.807, 2.05) is 26.0 Å². The minimum atomic E-state index is -3.60. The third kappa shape index (κ3) is 4.27. The number of sulfonamides is 1. The Morgan fingerprint density at radius 3 is 2.62 bits per heavy atom. The van der Waals surface area contributed by atoms with Gasteiger partial charge < -0.3 is 5.32 Å². The number of nitrogens with zero attached hydrogens (tertiary/aromatic N) is 1. The second kappa shape index (κ2) is 7.53. The van der Waals surface area contributed by atoms with Crippen LogP contribution < -0.4 is 10.0 Å². The van der Waals surface area contributed by atoms with E-state index < -0.39 is 10.0 Å². The van der Waals surface area contributed by atoms with Crippen molar-refractivity contribution in [1.82, 2.24) is 9.71 Å². The summed E-state index contributed by atoms with van der Waals surface area (Å²) in [6.45, 7) is 4.02. The molecule has 0 spiro atoms. The maximum Gasteiger partial charge on any atom is 0.240 e. The molecule has 0 aliphatic carbocycles. The topological polar surface area (TPSA) is 88.2 Å². The first-order valence-corrected chi connectivity index (χ1v) is 10.4. The molecule has 0 radical (unpaired) electrons. The monoisotopic (exact) mass is 389 g/mol. The molecular weight excluding hydrogens is 370 g/mol. The summed E-state index contributed by atoms with van der Waals surface area (Å²) < 4.78 is 27.7. The number of benzene rings is 2. The molecule has 3 rings (SSSR count). The number of carbonyl (C=O) groups excluding carboxylic acids is 1. The van der Waals surface area contributed by atoms with Gasteiger partial charge in [0.1, 0.15) is 0 Å². The smallest absolute Gasteiger partial charge is 0.240 e. The number of rotatable bonds is 6. The molecule has 6 nitrogen and oxygen atoms in total. The highest BCUT2D eigenvalue weighted by molar-refractivity contribution is 7.89. The van der Waals surface area contributed by atoms with Crippen molar-refractivity contribution in [3.05, 3.63) is 53.6 Å². The SMILES string of the molecule is Cc1cc(C)c2nc(NC(=O)CCNS(=O)(=O)c3ccccc3)sc2c1. The minimum absolute atomic E-state index is 0.0199. The van der Waals surface area contributed by atoms with E-state index in [0.29, 0.717) is 5.13 Å². The first kappa shape index (κ1) is 18.5. The van der Waals surface area contributed by atoms with E-state index in [1.54, 1.807) is 18.2 Å². The lowest BCUT2D eigenvalue weighted by Gasteiger charge is -2.06. The molecule has 3 aromatic rings. The molecule has 1 amide bonds. The molecule has 0 atom stereocenters. The Balaban J connectivity index is 1.59. The molecule has 136 valence electrons. The Morgan fingerprint density at radius 1 is 1.15 bits per heavy atom. The van der Waals surface area contributed by atoms with Gasteiger partial charge in [-0.1, -0.05) is 35.6 Å². The van der Waals surface area contributed by atoms with Gasteiger partial charge in [-0.05, 0) is 43.2 Å². The van der Waals surface area contributed by atoms with Gasteiger partial charge in [0.05, 0.1) is 15.1 Å². The van der Waals surface area contributed by atoms with Crippen molar-refractivity contribution in [2.45, 2.75) is 25.2 Å². The van der Waals surface area contributed by atoms with E-state index >= 15 is 0 Å². The van der Waals surface area contributed by atoms with Crippen molar-refractivity contribution in [3.63, 3.8) is 0 Å². The van der Waals surface area contributed by atoms with Gasteiger partial charge in [-0.15, -0.1) is 0 Å². The number of carbonyl (C=O) groups is 1. The first-order valence-electron chi connectivity index (χ1n) is 8.07. The predicted molar refractivity (Wildman–Crippen MR) is 104 cm³/mol. The second-order valence-electron chi connectivity index (χ2n) is 5.96. The zero-order valence-corrected chi connectivity index (χ0v) is 16.1. The van der Waals surface area contributed by atoms with Crippen molar-refractivity contribution < 1.29 is 13.2 Å². The van der Waals surface area contributed by atoms with Crippen LogP contribution in [-0.2, 0) is 14.8 Å². The van der Waals surface area contributed by atoms with Gasteiger partial charge in [-0.2, -0.15) is 0 Å². The highest BCUT2D eigenvalue weighted by Crippen LogP contribution is 2.29. The van der Waals surface area contributed by atoms with Crippen LogP contribution in [0.2, 0.25) is 0 Å². The second-order valence-corrected chi connectivity index (χ2v) is 8.75. The first-order chi connectivity index (χ1) is 12.3. The van der Waals surface area contributed by atoms with Crippen molar-refractivity contribution in [2.24, 2.45) is 0 Å². The number of amides is 1. The van der Waals surface area contributed by atoms with Crippen LogP contribution in [0.15, 0.2) is 47.4 Å². The molecule has 0 aliphatic rings. The van der Waals surface area contributed by atoms with Crippen molar-refractivity contribution >= 4 is 42.6 Å². The van der Waals surface area contributed by atoms with Gasteiger partial charge >= 0.3 is 0 Å². The van der Waals surface area contributed by atoms with Crippen LogP contribution >= 0.6 is 11.3 Å². The number of hydrogen-bond acceptors (Lipinski definition) is 5. The minimum Gasteiger partial charge on any atom is -0.302 e. The van der Waals surface area contributed by atoms with Gasteiger partial charge in [-0.25, -0.2) is 18.1 Å². The lowest BCUT2D eigenvalue weighted by molar-refractivity contribution is -0.116. The average molecular weight is 390 g/mol. The Labute approximate surface area is 156 Å². The molecule has 1 heterocycles. The molecule has 0 unspecified atom stereocenters. The fraction of sp³-hybridized carbons (Fsp3) is 0.222. The molecule has 26 heavy (non-hydrogen) atoms. The fourth-order valence-corrected chi connectivity index (χ4v) is 4.70. The zero-order valence-electron chi connectivity index (χ0n) is 14.4. The van der Waals surface area contributed by atoms with Gasteiger partial charge in [0.15, 0.2) is 5.13 Å². The van der Waals surface area contributed by atoms with E-state index in [4.69, 9.17) is 0 Å². The lowest BCUT2D eigenvalue weighted by Crippen LogP contribution is -2.27. The normalized spacial score (nSPS) is 11.6. The number of anilines is 1. The zero-order chi connectivity index (χ0) is 18.7. The molecule has 0 bridgehead atoms. The standard InChI is InChI=1S/C18H19N3O3S2/c1-12-10-13(2)17-15(11-12)25-18(21-17)20-16(22)8-9-19-26(23,24)14-6-4-3-5-7-14/h3-7,10-11,19H,8-9H2,1-2H3,(H,20,21,22). The maximum absolute atomic E-state index is 12.1. The molecule has 0 saturated heterocycles. The third-order valence-electron chi connectivity index (χ3n) is 3.77. The van der Waals surface area contributed by atoms with E-state index in [1.165, 1.54) is 23.5 Å².